The number of fused-ring (bicyclic) bond motifs is 1. The van der Waals surface area contributed by atoms with Gasteiger partial charge in [-0.1, -0.05) is 36.4 Å². The van der Waals surface area contributed by atoms with Gasteiger partial charge < -0.3 is 14.6 Å². The fourth-order valence-corrected chi connectivity index (χ4v) is 4.47. The summed E-state index contributed by atoms with van der Waals surface area (Å²) in [6, 6.07) is 18.0. The molecule has 4 aromatic rings. The number of amides is 1. The molecule has 1 atom stereocenters. The van der Waals surface area contributed by atoms with E-state index >= 15 is 0 Å². The number of rotatable bonds is 6. The monoisotopic (exact) mass is 404 g/mol. The third-order valence-electron chi connectivity index (χ3n) is 5.42. The van der Waals surface area contributed by atoms with Crippen molar-refractivity contribution in [1.29, 1.82) is 0 Å². The quantitative estimate of drug-likeness (QED) is 0.463. The predicted octanol–water partition coefficient (Wildman–Crippen LogP) is 5.47. The van der Waals surface area contributed by atoms with Gasteiger partial charge in [0.15, 0.2) is 6.61 Å². The van der Waals surface area contributed by atoms with Gasteiger partial charge in [0.2, 0.25) is 0 Å². The smallest absolute Gasteiger partial charge is 0.261 e. The lowest BCUT2D eigenvalue weighted by Crippen LogP contribution is -2.35. The summed E-state index contributed by atoms with van der Waals surface area (Å²) in [5.74, 6) is 0.695. The molecule has 2 heterocycles. The summed E-state index contributed by atoms with van der Waals surface area (Å²) in [6.45, 7) is 4.06. The normalized spacial score (nSPS) is 12.1. The van der Waals surface area contributed by atoms with E-state index in [-0.39, 0.29) is 18.6 Å². The van der Waals surface area contributed by atoms with Gasteiger partial charge in [-0.15, -0.1) is 11.3 Å². The highest BCUT2D eigenvalue weighted by Gasteiger charge is 2.27. The number of hydrogen-bond donors (Lipinski definition) is 1. The number of para-hydroxylation sites is 1. The van der Waals surface area contributed by atoms with Gasteiger partial charge in [0.05, 0.1) is 6.04 Å². The number of benzene rings is 2. The summed E-state index contributed by atoms with van der Waals surface area (Å²) in [6.07, 6.45) is 2.00. The summed E-state index contributed by atoms with van der Waals surface area (Å²) in [5, 5.41) is 3.17. The third kappa shape index (κ3) is 3.78. The zero-order valence-corrected chi connectivity index (χ0v) is 17.6. The van der Waals surface area contributed by atoms with Gasteiger partial charge in [0, 0.05) is 34.6 Å². The van der Waals surface area contributed by atoms with Gasteiger partial charge in [0.25, 0.3) is 5.91 Å². The molecule has 0 aliphatic carbocycles. The number of hydrogen-bond acceptors (Lipinski definition) is 3. The maximum absolute atomic E-state index is 13.1. The van der Waals surface area contributed by atoms with Crippen molar-refractivity contribution in [3.8, 4) is 5.75 Å². The summed E-state index contributed by atoms with van der Waals surface area (Å²) < 4.78 is 5.88. The summed E-state index contributed by atoms with van der Waals surface area (Å²) >= 11 is 1.65. The van der Waals surface area contributed by atoms with E-state index in [1.54, 1.807) is 16.2 Å². The molecule has 0 spiro atoms. The first-order chi connectivity index (χ1) is 14.1. The first kappa shape index (κ1) is 19.3. The number of aromatic amines is 1. The zero-order valence-electron chi connectivity index (χ0n) is 16.8. The highest BCUT2D eigenvalue weighted by Crippen LogP contribution is 2.35. The molecule has 2 aromatic heterocycles. The molecular formula is C24H24N2O2S. The molecule has 0 aliphatic rings. The zero-order chi connectivity index (χ0) is 20.4. The number of likely N-dealkylation sites (N-methyl/N-ethyl adjacent to an activating group) is 1. The van der Waals surface area contributed by atoms with Crippen LogP contribution in [0.25, 0.3) is 10.9 Å². The Morgan fingerprint density at radius 3 is 2.72 bits per heavy atom. The number of carbonyl (C=O) groups excluding carboxylic acids is 1. The van der Waals surface area contributed by atoms with Crippen molar-refractivity contribution in [3.63, 3.8) is 0 Å². The minimum atomic E-state index is -0.166. The maximum Gasteiger partial charge on any atom is 0.261 e. The third-order valence-corrected chi connectivity index (χ3v) is 6.34. The van der Waals surface area contributed by atoms with Crippen LogP contribution in [0.15, 0.2) is 66.2 Å². The molecule has 0 saturated carbocycles. The van der Waals surface area contributed by atoms with Crippen LogP contribution in [0.1, 0.15) is 27.6 Å². The largest absolute Gasteiger partial charge is 0.483 e. The Morgan fingerprint density at radius 1 is 1.10 bits per heavy atom. The van der Waals surface area contributed by atoms with Crippen LogP contribution in [0, 0.1) is 13.8 Å². The Kier molecular flexibility index (Phi) is 5.41. The van der Waals surface area contributed by atoms with Gasteiger partial charge >= 0.3 is 0 Å². The van der Waals surface area contributed by atoms with Crippen LogP contribution in [-0.4, -0.2) is 29.4 Å². The van der Waals surface area contributed by atoms with Crippen LogP contribution in [0.4, 0.5) is 0 Å². The minimum absolute atomic E-state index is 0.00498. The van der Waals surface area contributed by atoms with Crippen molar-refractivity contribution in [1.82, 2.24) is 9.88 Å². The summed E-state index contributed by atoms with van der Waals surface area (Å²) in [4.78, 5) is 19.3. The van der Waals surface area contributed by atoms with Crippen LogP contribution in [0.5, 0.6) is 5.75 Å². The number of carbonyl (C=O) groups is 1. The molecule has 5 heteroatoms. The second kappa shape index (κ2) is 8.13. The Morgan fingerprint density at radius 2 is 1.93 bits per heavy atom. The van der Waals surface area contributed by atoms with Crippen LogP contribution in [0.3, 0.4) is 0 Å². The van der Waals surface area contributed by atoms with E-state index < -0.39 is 0 Å². The van der Waals surface area contributed by atoms with Gasteiger partial charge in [-0.25, -0.2) is 0 Å². The van der Waals surface area contributed by atoms with Crippen LogP contribution in [-0.2, 0) is 4.79 Å². The van der Waals surface area contributed by atoms with Crippen LogP contribution < -0.4 is 4.74 Å². The molecule has 4 nitrogen and oxygen atoms in total. The molecule has 29 heavy (non-hydrogen) atoms. The second-order valence-corrected chi connectivity index (χ2v) is 8.18. The number of nitrogens with zero attached hydrogens (tertiary/aromatic N) is 1. The highest BCUT2D eigenvalue weighted by atomic mass is 32.1. The fraction of sp³-hybridized carbons (Fsp3) is 0.208. The number of aryl methyl sites for hydroxylation is 1. The van der Waals surface area contributed by atoms with E-state index in [9.17, 15) is 4.79 Å². The van der Waals surface area contributed by atoms with Crippen LogP contribution in [0.2, 0.25) is 0 Å². The number of ether oxygens (including phenoxy) is 1. The Balaban J connectivity index is 1.61. The van der Waals surface area contributed by atoms with Crippen molar-refractivity contribution in [2.45, 2.75) is 19.9 Å². The van der Waals surface area contributed by atoms with Crippen molar-refractivity contribution < 1.29 is 9.53 Å². The van der Waals surface area contributed by atoms with E-state index in [4.69, 9.17) is 4.74 Å². The molecule has 0 unspecified atom stereocenters. The van der Waals surface area contributed by atoms with E-state index in [2.05, 4.69) is 23.2 Å². The van der Waals surface area contributed by atoms with E-state index in [0.29, 0.717) is 0 Å². The predicted molar refractivity (Wildman–Crippen MR) is 119 cm³/mol. The molecule has 0 saturated heterocycles. The molecule has 4 rings (SSSR count). The lowest BCUT2D eigenvalue weighted by molar-refractivity contribution is -0.133. The maximum atomic E-state index is 13.1. The highest BCUT2D eigenvalue weighted by molar-refractivity contribution is 7.10. The van der Waals surface area contributed by atoms with Crippen LogP contribution >= 0.6 is 11.3 Å². The van der Waals surface area contributed by atoms with Gasteiger partial charge in [-0.2, -0.15) is 0 Å². The molecule has 0 aliphatic heterocycles. The van der Waals surface area contributed by atoms with E-state index in [1.807, 2.05) is 68.9 Å². The standard InChI is InChI=1S/C24H24N2O2S/c1-16-8-6-11-21(17(16)2)28-15-23(27)26(3)24(22-12-7-13-29-22)19-14-25-20-10-5-4-9-18(19)20/h4-14,24-25H,15H2,1-3H3/t24-/m1/s1. The molecule has 1 amide bonds. The Hall–Kier alpha value is -3.05. The first-order valence-corrected chi connectivity index (χ1v) is 10.5. The van der Waals surface area contributed by atoms with Crippen molar-refractivity contribution in [2.75, 3.05) is 13.7 Å². The SMILES string of the molecule is Cc1cccc(OCC(=O)N(C)[C@@H](c2cccs2)c2c[nH]c3ccccc23)c1C. The second-order valence-electron chi connectivity index (χ2n) is 7.20. The average Bonchev–Trinajstić information content (AvgIpc) is 3.40. The number of aromatic nitrogens is 1. The number of H-pyrrole nitrogens is 1. The lowest BCUT2D eigenvalue weighted by Gasteiger charge is -2.27. The Labute approximate surface area is 174 Å². The molecule has 0 bridgehead atoms. The van der Waals surface area contributed by atoms with Crippen molar-refractivity contribution >= 4 is 28.1 Å². The van der Waals surface area contributed by atoms with Crippen molar-refractivity contribution in [3.05, 3.63) is 87.7 Å². The van der Waals surface area contributed by atoms with Gasteiger partial charge in [-0.05, 0) is 48.6 Å². The van der Waals surface area contributed by atoms with E-state index in [1.165, 1.54) is 0 Å². The number of thiophene rings is 1. The fourth-order valence-electron chi connectivity index (χ4n) is 3.59. The minimum Gasteiger partial charge on any atom is -0.483 e. The summed E-state index contributed by atoms with van der Waals surface area (Å²) in [5.41, 5.74) is 4.37. The topological polar surface area (TPSA) is 45.3 Å². The molecule has 0 fully saturated rings. The summed E-state index contributed by atoms with van der Waals surface area (Å²) in [7, 11) is 1.85. The molecule has 2 aromatic carbocycles. The molecule has 0 radical (unpaired) electrons. The molecule has 1 N–H and O–H groups in total. The van der Waals surface area contributed by atoms with Crippen molar-refractivity contribution in [2.24, 2.45) is 0 Å². The average molecular weight is 405 g/mol. The number of nitrogens with one attached hydrogen (secondary N) is 1. The molecule has 148 valence electrons. The van der Waals surface area contributed by atoms with E-state index in [0.717, 1.165) is 38.2 Å². The van der Waals surface area contributed by atoms with Gasteiger partial charge in [-0.3, -0.25) is 4.79 Å². The first-order valence-electron chi connectivity index (χ1n) is 9.60. The Bertz CT molecular complexity index is 1130. The molecular weight excluding hydrogens is 380 g/mol. The lowest BCUT2D eigenvalue weighted by atomic mass is 10.0. The van der Waals surface area contributed by atoms with Gasteiger partial charge in [0.1, 0.15) is 5.75 Å².